The third-order valence-corrected chi connectivity index (χ3v) is 4.73. The lowest BCUT2D eigenvalue weighted by Crippen LogP contribution is -2.33. The summed E-state index contributed by atoms with van der Waals surface area (Å²) in [5.74, 6) is 0. The van der Waals surface area contributed by atoms with E-state index < -0.39 is 0 Å². The van der Waals surface area contributed by atoms with Crippen LogP contribution in [0, 0.1) is 0 Å². The third kappa shape index (κ3) is 4.92. The Morgan fingerprint density at radius 2 is 1.95 bits per heavy atom. The predicted molar refractivity (Wildman–Crippen MR) is 88.7 cm³/mol. The number of nitrogens with zero attached hydrogens (tertiary/aromatic N) is 1. The Morgan fingerprint density at radius 1 is 1.24 bits per heavy atom. The van der Waals surface area contributed by atoms with Crippen molar-refractivity contribution in [2.45, 2.75) is 45.2 Å². The number of thiazole rings is 1. The molecule has 0 saturated heterocycles. The highest BCUT2D eigenvalue weighted by molar-refractivity contribution is 7.11. The van der Waals surface area contributed by atoms with Crippen molar-refractivity contribution in [2.75, 3.05) is 6.61 Å². The van der Waals surface area contributed by atoms with E-state index in [2.05, 4.69) is 43.2 Å². The van der Waals surface area contributed by atoms with E-state index in [1.165, 1.54) is 10.4 Å². The number of aliphatic hydroxyl groups excluding tert-OH is 1. The monoisotopic (exact) mass is 304 g/mol. The predicted octanol–water partition coefficient (Wildman–Crippen LogP) is 3.13. The maximum Gasteiger partial charge on any atom is 0.0981 e. The minimum atomic E-state index is 0.0765. The maximum atomic E-state index is 9.53. The highest BCUT2D eigenvalue weighted by Crippen LogP contribution is 2.26. The Hall–Kier alpha value is -1.23. The number of hydrogen-bond donors (Lipinski definition) is 2. The summed E-state index contributed by atoms with van der Waals surface area (Å²) in [5.41, 5.74) is 1.34. The van der Waals surface area contributed by atoms with Gasteiger partial charge in [0.2, 0.25) is 0 Å². The zero-order chi connectivity index (χ0) is 15.3. The highest BCUT2D eigenvalue weighted by atomic mass is 32.1. The van der Waals surface area contributed by atoms with Gasteiger partial charge in [0.05, 0.1) is 11.6 Å². The van der Waals surface area contributed by atoms with Crippen LogP contribution in [0.3, 0.4) is 0 Å². The Morgan fingerprint density at radius 3 is 2.52 bits per heavy atom. The number of aromatic nitrogens is 1. The van der Waals surface area contributed by atoms with E-state index in [1.807, 2.05) is 24.4 Å². The first kappa shape index (κ1) is 16.1. The van der Waals surface area contributed by atoms with Gasteiger partial charge < -0.3 is 10.4 Å². The van der Waals surface area contributed by atoms with Crippen molar-refractivity contribution in [1.29, 1.82) is 0 Å². The van der Waals surface area contributed by atoms with Crippen LogP contribution in [0.25, 0.3) is 0 Å². The molecular weight excluding hydrogens is 280 g/mol. The second-order valence-electron chi connectivity index (χ2n) is 6.33. The number of aliphatic hydroxyl groups is 1. The Labute approximate surface area is 131 Å². The van der Waals surface area contributed by atoms with Gasteiger partial charge in [0.25, 0.3) is 0 Å². The van der Waals surface area contributed by atoms with Gasteiger partial charge in [0, 0.05) is 29.1 Å². The average Bonchev–Trinajstić information content (AvgIpc) is 2.93. The van der Waals surface area contributed by atoms with Gasteiger partial charge in [-0.2, -0.15) is 0 Å². The van der Waals surface area contributed by atoms with Crippen molar-refractivity contribution in [1.82, 2.24) is 10.3 Å². The number of hydrogen-bond acceptors (Lipinski definition) is 4. The van der Waals surface area contributed by atoms with E-state index in [0.29, 0.717) is 0 Å². The van der Waals surface area contributed by atoms with Crippen LogP contribution in [-0.2, 0) is 18.4 Å². The van der Waals surface area contributed by atoms with Gasteiger partial charge in [0.1, 0.15) is 0 Å². The van der Waals surface area contributed by atoms with E-state index in [4.69, 9.17) is 0 Å². The smallest absolute Gasteiger partial charge is 0.0981 e. The number of rotatable bonds is 6. The lowest BCUT2D eigenvalue weighted by molar-refractivity contribution is 0.241. The lowest BCUT2D eigenvalue weighted by atomic mass is 9.98. The van der Waals surface area contributed by atoms with E-state index in [0.717, 1.165) is 18.0 Å². The fourth-order valence-electron chi connectivity index (χ4n) is 2.08. The molecule has 114 valence electrons. The molecule has 1 aromatic heterocycles. The standard InChI is InChI=1S/C17H24N2OS/c1-17(2,3)16-19-11-15(21-16)10-18-14(12-20)9-13-7-5-4-6-8-13/h4-8,11,14,18,20H,9-10,12H2,1-3H3. The molecule has 3 nitrogen and oxygen atoms in total. The second-order valence-corrected chi connectivity index (χ2v) is 7.45. The molecule has 0 radical (unpaired) electrons. The van der Waals surface area contributed by atoms with Crippen molar-refractivity contribution in [3.05, 3.63) is 52.0 Å². The Kier molecular flexibility index (Phi) is 5.51. The summed E-state index contributed by atoms with van der Waals surface area (Å²) in [6.45, 7) is 7.42. The molecule has 0 bridgehead atoms. The molecule has 1 aromatic carbocycles. The van der Waals surface area contributed by atoms with E-state index in [1.54, 1.807) is 11.3 Å². The summed E-state index contributed by atoms with van der Waals surface area (Å²) in [6, 6.07) is 10.3. The van der Waals surface area contributed by atoms with Crippen LogP contribution < -0.4 is 5.32 Å². The van der Waals surface area contributed by atoms with Crippen LogP contribution in [0.5, 0.6) is 0 Å². The molecule has 0 aliphatic carbocycles. The van der Waals surface area contributed by atoms with Crippen molar-refractivity contribution < 1.29 is 5.11 Å². The maximum absolute atomic E-state index is 9.53. The molecule has 2 rings (SSSR count). The number of benzene rings is 1. The molecule has 0 saturated carbocycles. The number of nitrogens with one attached hydrogen (secondary N) is 1. The zero-order valence-electron chi connectivity index (χ0n) is 13.0. The molecule has 0 aliphatic rings. The molecule has 0 aliphatic heterocycles. The zero-order valence-corrected chi connectivity index (χ0v) is 13.8. The van der Waals surface area contributed by atoms with Crippen LogP contribution >= 0.6 is 11.3 Å². The topological polar surface area (TPSA) is 45.2 Å². The second kappa shape index (κ2) is 7.16. The van der Waals surface area contributed by atoms with Gasteiger partial charge >= 0.3 is 0 Å². The quantitative estimate of drug-likeness (QED) is 0.862. The molecule has 2 aromatic rings. The molecule has 0 spiro atoms. The molecule has 1 unspecified atom stereocenters. The van der Waals surface area contributed by atoms with Crippen molar-refractivity contribution in [3.63, 3.8) is 0 Å². The van der Waals surface area contributed by atoms with Gasteiger partial charge in [-0.05, 0) is 12.0 Å². The Bertz CT molecular complexity index is 545. The van der Waals surface area contributed by atoms with Crippen molar-refractivity contribution in [3.8, 4) is 0 Å². The van der Waals surface area contributed by atoms with Crippen molar-refractivity contribution in [2.24, 2.45) is 0 Å². The van der Waals surface area contributed by atoms with E-state index in [9.17, 15) is 5.11 Å². The van der Waals surface area contributed by atoms with Gasteiger partial charge in [-0.3, -0.25) is 0 Å². The minimum Gasteiger partial charge on any atom is -0.395 e. The van der Waals surface area contributed by atoms with E-state index >= 15 is 0 Å². The van der Waals surface area contributed by atoms with Crippen LogP contribution in [0.2, 0.25) is 0 Å². The van der Waals surface area contributed by atoms with Crippen LogP contribution in [-0.4, -0.2) is 22.7 Å². The van der Waals surface area contributed by atoms with Crippen LogP contribution in [0.1, 0.15) is 36.2 Å². The lowest BCUT2D eigenvalue weighted by Gasteiger charge is -2.16. The fraction of sp³-hybridized carbons (Fsp3) is 0.471. The van der Waals surface area contributed by atoms with Gasteiger partial charge in [0.15, 0.2) is 0 Å². The molecule has 2 N–H and O–H groups in total. The molecule has 21 heavy (non-hydrogen) atoms. The SMILES string of the molecule is CC(C)(C)c1ncc(CNC(CO)Cc2ccccc2)s1. The fourth-order valence-corrected chi connectivity index (χ4v) is 3.00. The summed E-state index contributed by atoms with van der Waals surface area (Å²) in [6.07, 6.45) is 2.78. The Balaban J connectivity index is 1.90. The molecule has 0 amide bonds. The molecule has 0 fully saturated rings. The normalized spacial score (nSPS) is 13.3. The third-order valence-electron chi connectivity index (χ3n) is 3.31. The van der Waals surface area contributed by atoms with E-state index in [-0.39, 0.29) is 18.1 Å². The van der Waals surface area contributed by atoms with Crippen LogP contribution in [0.4, 0.5) is 0 Å². The van der Waals surface area contributed by atoms with Gasteiger partial charge in [-0.15, -0.1) is 11.3 Å². The van der Waals surface area contributed by atoms with Gasteiger partial charge in [-0.1, -0.05) is 51.1 Å². The van der Waals surface area contributed by atoms with Crippen LogP contribution in [0.15, 0.2) is 36.5 Å². The summed E-state index contributed by atoms with van der Waals surface area (Å²) in [5, 5.41) is 14.1. The summed E-state index contributed by atoms with van der Waals surface area (Å²) in [7, 11) is 0. The van der Waals surface area contributed by atoms with Crippen molar-refractivity contribution >= 4 is 11.3 Å². The molecule has 4 heteroatoms. The summed E-state index contributed by atoms with van der Waals surface area (Å²) >= 11 is 1.74. The average molecular weight is 304 g/mol. The molecule has 1 heterocycles. The van der Waals surface area contributed by atoms with Gasteiger partial charge in [-0.25, -0.2) is 4.98 Å². The molecular formula is C17H24N2OS. The first-order valence-electron chi connectivity index (χ1n) is 7.32. The largest absolute Gasteiger partial charge is 0.395 e. The molecule has 1 atom stereocenters. The first-order valence-corrected chi connectivity index (χ1v) is 8.14. The summed E-state index contributed by atoms with van der Waals surface area (Å²) < 4.78 is 0. The summed E-state index contributed by atoms with van der Waals surface area (Å²) in [4.78, 5) is 5.71. The minimum absolute atomic E-state index is 0.0765. The first-order chi connectivity index (χ1) is 9.99. The highest BCUT2D eigenvalue weighted by Gasteiger charge is 2.18.